The summed E-state index contributed by atoms with van der Waals surface area (Å²) in [5, 5.41) is 8.52. The van der Waals surface area contributed by atoms with Crippen LogP contribution < -0.4 is 14.8 Å². The summed E-state index contributed by atoms with van der Waals surface area (Å²) < 4.78 is 10.2. The fraction of sp³-hybridized carbons (Fsp3) is 0.375. The first-order valence-corrected chi connectivity index (χ1v) is 12.0. The molecule has 1 fully saturated rings. The molecule has 3 aromatic rings. The van der Waals surface area contributed by atoms with Gasteiger partial charge in [-0.2, -0.15) is 5.10 Å². The summed E-state index contributed by atoms with van der Waals surface area (Å²) in [5.74, 6) is 0.544. The highest BCUT2D eigenvalue weighted by molar-refractivity contribution is 7.97. The first-order chi connectivity index (χ1) is 16.1. The number of amides is 2. The average Bonchev–Trinajstić information content (AvgIpc) is 3.58. The Morgan fingerprint density at radius 2 is 2.15 bits per heavy atom. The minimum absolute atomic E-state index is 0.266. The molecule has 1 aliphatic heterocycles. The molecule has 0 bridgehead atoms. The van der Waals surface area contributed by atoms with Crippen LogP contribution in [0.4, 0.5) is 10.5 Å². The number of aromatic nitrogens is 3. The van der Waals surface area contributed by atoms with Crippen molar-refractivity contribution in [2.24, 2.45) is 0 Å². The molecule has 1 saturated heterocycles. The van der Waals surface area contributed by atoms with Crippen molar-refractivity contribution in [2.75, 3.05) is 32.6 Å². The molecule has 9 heteroatoms. The van der Waals surface area contributed by atoms with Gasteiger partial charge in [0.2, 0.25) is 5.88 Å². The van der Waals surface area contributed by atoms with Gasteiger partial charge in [0.05, 0.1) is 18.8 Å². The van der Waals surface area contributed by atoms with Crippen molar-refractivity contribution in [3.8, 4) is 17.0 Å². The number of fused-ring (bicyclic) bond motifs is 1. The van der Waals surface area contributed by atoms with E-state index in [1.807, 2.05) is 29.1 Å². The highest BCUT2D eigenvalue weighted by atomic mass is 32.2. The molecule has 1 unspecified atom stereocenters. The Labute approximate surface area is 197 Å². The molecular weight excluding hydrogens is 436 g/mol. The lowest BCUT2D eigenvalue weighted by atomic mass is 9.98. The van der Waals surface area contributed by atoms with E-state index in [2.05, 4.69) is 44.2 Å². The molecule has 2 aromatic heterocycles. The zero-order valence-electron chi connectivity index (χ0n) is 18.9. The number of likely N-dealkylation sites (N-methyl/N-ethyl adjacent to an activating group) is 1. The second kappa shape index (κ2) is 9.44. The molecule has 1 aromatic carbocycles. The Balaban J connectivity index is 1.31. The lowest BCUT2D eigenvalue weighted by molar-refractivity contribution is 0.257. The second-order valence-corrected chi connectivity index (χ2v) is 9.39. The van der Waals surface area contributed by atoms with Crippen molar-refractivity contribution in [3.05, 3.63) is 53.9 Å². The van der Waals surface area contributed by atoms with Crippen LogP contribution in [0.2, 0.25) is 0 Å². The van der Waals surface area contributed by atoms with Gasteiger partial charge >= 0.3 is 6.03 Å². The monoisotopic (exact) mass is 464 g/mol. The van der Waals surface area contributed by atoms with Gasteiger partial charge in [0.1, 0.15) is 5.03 Å². The van der Waals surface area contributed by atoms with Crippen molar-refractivity contribution in [1.82, 2.24) is 24.4 Å². The Hall–Kier alpha value is -3.04. The van der Waals surface area contributed by atoms with E-state index in [9.17, 15) is 4.79 Å². The number of hydrogen-bond acceptors (Lipinski definition) is 6. The van der Waals surface area contributed by atoms with Crippen molar-refractivity contribution in [2.45, 2.75) is 36.8 Å². The normalized spacial score (nSPS) is 17.7. The number of nitrogens with zero attached hydrogens (tertiary/aromatic N) is 4. The lowest BCUT2D eigenvalue weighted by Crippen LogP contribution is -2.24. The Bertz CT molecular complexity index is 1160. The van der Waals surface area contributed by atoms with Gasteiger partial charge in [-0.25, -0.2) is 9.78 Å². The molecule has 0 spiro atoms. The number of carbonyl (C=O) groups is 1. The topological polar surface area (TPSA) is 84.3 Å². The van der Waals surface area contributed by atoms with Crippen LogP contribution in [0, 0.1) is 0 Å². The molecule has 2 amide bonds. The van der Waals surface area contributed by atoms with E-state index in [1.165, 1.54) is 23.1 Å². The number of hydrogen-bond donors (Lipinski definition) is 2. The zero-order valence-corrected chi connectivity index (χ0v) is 19.7. The third-order valence-electron chi connectivity index (χ3n) is 6.35. The average molecular weight is 465 g/mol. The summed E-state index contributed by atoms with van der Waals surface area (Å²) in [6, 6.07) is 10.1. The molecule has 1 aliphatic carbocycles. The van der Waals surface area contributed by atoms with Crippen LogP contribution >= 0.6 is 11.9 Å². The highest BCUT2D eigenvalue weighted by Crippen LogP contribution is 2.38. The predicted octanol–water partition coefficient (Wildman–Crippen LogP) is 4.15. The standard InChI is InChI=1S/C24H28N6O2S/c1-29-12-9-18(15-29)30-13-10-22(27-30)33-28-24(31)26-23-19-5-3-4-16(19)6-7-20(23)17-8-11-25-21(14-17)32-2/h6-8,10-11,13-14,18H,3-5,9,12,15H2,1-2H3,(H2,26,28,31). The van der Waals surface area contributed by atoms with Gasteiger partial charge in [-0.15, -0.1) is 0 Å². The Morgan fingerprint density at radius 1 is 1.24 bits per heavy atom. The first-order valence-electron chi connectivity index (χ1n) is 11.2. The fourth-order valence-electron chi connectivity index (χ4n) is 4.68. The van der Waals surface area contributed by atoms with Crippen molar-refractivity contribution >= 4 is 23.7 Å². The van der Waals surface area contributed by atoms with Gasteiger partial charge in [-0.3, -0.25) is 9.40 Å². The van der Waals surface area contributed by atoms with E-state index in [0.29, 0.717) is 11.9 Å². The van der Waals surface area contributed by atoms with E-state index in [1.54, 1.807) is 13.3 Å². The molecule has 1 atom stereocenters. The number of carbonyl (C=O) groups excluding carboxylic acids is 1. The lowest BCUT2D eigenvalue weighted by Gasteiger charge is -2.16. The second-order valence-electron chi connectivity index (χ2n) is 8.56. The van der Waals surface area contributed by atoms with Crippen molar-refractivity contribution in [3.63, 3.8) is 0 Å². The van der Waals surface area contributed by atoms with Gasteiger partial charge < -0.3 is 15.0 Å². The number of urea groups is 1. The summed E-state index contributed by atoms with van der Waals surface area (Å²) in [4.78, 5) is 19.4. The van der Waals surface area contributed by atoms with Crippen molar-refractivity contribution in [1.29, 1.82) is 0 Å². The largest absolute Gasteiger partial charge is 0.481 e. The molecule has 0 saturated carbocycles. The molecule has 2 N–H and O–H groups in total. The summed E-state index contributed by atoms with van der Waals surface area (Å²) in [5.41, 5.74) is 5.28. The van der Waals surface area contributed by atoms with Gasteiger partial charge in [0.25, 0.3) is 0 Å². The fourth-order valence-corrected chi connectivity index (χ4v) is 5.19. The summed E-state index contributed by atoms with van der Waals surface area (Å²) in [7, 11) is 3.73. The molecule has 3 heterocycles. The van der Waals surface area contributed by atoms with Crippen LogP contribution in [0.25, 0.3) is 11.1 Å². The van der Waals surface area contributed by atoms with Gasteiger partial charge in [0, 0.05) is 42.5 Å². The van der Waals surface area contributed by atoms with Crippen LogP contribution in [0.15, 0.2) is 47.8 Å². The number of anilines is 1. The van der Waals surface area contributed by atoms with Gasteiger partial charge in [-0.05, 0) is 68.1 Å². The van der Waals surface area contributed by atoms with Crippen LogP contribution in [-0.4, -0.2) is 52.9 Å². The highest BCUT2D eigenvalue weighted by Gasteiger charge is 2.23. The molecular formula is C24H28N6O2S. The number of likely N-dealkylation sites (tertiary alicyclic amines) is 1. The number of nitrogens with one attached hydrogen (secondary N) is 2. The number of methoxy groups -OCH3 is 1. The van der Waals surface area contributed by atoms with E-state index in [0.717, 1.165) is 60.6 Å². The maximum atomic E-state index is 12.9. The minimum atomic E-state index is -0.266. The first kappa shape index (κ1) is 21.8. The molecule has 2 aliphatic rings. The van der Waals surface area contributed by atoms with Gasteiger partial charge in [0.15, 0.2) is 0 Å². The van der Waals surface area contributed by atoms with Crippen LogP contribution in [-0.2, 0) is 12.8 Å². The summed E-state index contributed by atoms with van der Waals surface area (Å²) in [6.07, 6.45) is 7.89. The van der Waals surface area contributed by atoms with E-state index >= 15 is 0 Å². The maximum Gasteiger partial charge on any atom is 0.329 e. The van der Waals surface area contributed by atoms with Crippen LogP contribution in [0.1, 0.15) is 30.0 Å². The predicted molar refractivity (Wildman–Crippen MR) is 130 cm³/mol. The number of benzene rings is 1. The summed E-state index contributed by atoms with van der Waals surface area (Å²) >= 11 is 1.23. The smallest absolute Gasteiger partial charge is 0.329 e. The SMILES string of the molecule is COc1cc(-c2ccc3c(c2NC(=O)NSc2ccn(C4CCN(C)C4)n2)CCC3)ccn1. The number of ether oxygens (including phenoxy) is 1. The molecule has 172 valence electrons. The maximum absolute atomic E-state index is 12.9. The molecule has 33 heavy (non-hydrogen) atoms. The molecule has 5 rings (SSSR count). The molecule has 0 radical (unpaired) electrons. The summed E-state index contributed by atoms with van der Waals surface area (Å²) in [6.45, 7) is 2.09. The van der Waals surface area contributed by atoms with Crippen molar-refractivity contribution < 1.29 is 9.53 Å². The van der Waals surface area contributed by atoms with E-state index < -0.39 is 0 Å². The third-order valence-corrected chi connectivity index (χ3v) is 7.06. The Kier molecular flexibility index (Phi) is 6.24. The molecule has 8 nitrogen and oxygen atoms in total. The Morgan fingerprint density at radius 3 is 2.97 bits per heavy atom. The van der Waals surface area contributed by atoms with Gasteiger partial charge in [-0.1, -0.05) is 12.1 Å². The number of pyridine rings is 1. The zero-order chi connectivity index (χ0) is 22.8. The van der Waals surface area contributed by atoms with Crippen LogP contribution in [0.5, 0.6) is 5.88 Å². The number of aryl methyl sites for hydroxylation is 1. The van der Waals surface area contributed by atoms with Crippen LogP contribution in [0.3, 0.4) is 0 Å². The third kappa shape index (κ3) is 4.69. The quantitative estimate of drug-likeness (QED) is 0.533. The number of rotatable bonds is 6. The van der Waals surface area contributed by atoms with E-state index in [4.69, 9.17) is 4.74 Å². The minimum Gasteiger partial charge on any atom is -0.481 e. The van der Waals surface area contributed by atoms with E-state index in [-0.39, 0.29) is 6.03 Å².